The zero-order valence-corrected chi connectivity index (χ0v) is 15.8. The molecule has 0 fully saturated rings. The van der Waals surface area contributed by atoms with Crippen LogP contribution in [0.3, 0.4) is 0 Å². The van der Waals surface area contributed by atoms with Crippen LogP contribution in [-0.2, 0) is 10.2 Å². The highest BCUT2D eigenvalue weighted by atomic mass is 16.5. The highest BCUT2D eigenvalue weighted by Crippen LogP contribution is 2.27. The SMILES string of the molecule is COc1ccc(C(=O)COC(=O)c2ccc(C(C)(C)C)cc2)cc1OC. The fourth-order valence-corrected chi connectivity index (χ4v) is 2.41. The lowest BCUT2D eigenvalue weighted by Crippen LogP contribution is -2.15. The molecule has 26 heavy (non-hydrogen) atoms. The van der Waals surface area contributed by atoms with Gasteiger partial charge in [0.15, 0.2) is 23.9 Å². The molecule has 0 saturated carbocycles. The molecular weight excluding hydrogens is 332 g/mol. The Balaban J connectivity index is 2.01. The molecule has 2 aromatic carbocycles. The van der Waals surface area contributed by atoms with Crippen molar-refractivity contribution in [3.05, 3.63) is 59.2 Å². The fourth-order valence-electron chi connectivity index (χ4n) is 2.41. The lowest BCUT2D eigenvalue weighted by Gasteiger charge is -2.18. The summed E-state index contributed by atoms with van der Waals surface area (Å²) in [5, 5.41) is 0. The fraction of sp³-hybridized carbons (Fsp3) is 0.333. The predicted octanol–water partition coefficient (Wildman–Crippen LogP) is 4.04. The second-order valence-electron chi connectivity index (χ2n) is 6.90. The molecule has 0 saturated heterocycles. The van der Waals surface area contributed by atoms with Crippen LogP contribution in [-0.4, -0.2) is 32.6 Å². The number of methoxy groups -OCH3 is 2. The molecule has 0 heterocycles. The third-order valence-electron chi connectivity index (χ3n) is 4.03. The molecule has 0 N–H and O–H groups in total. The van der Waals surface area contributed by atoms with Gasteiger partial charge in [0.2, 0.25) is 0 Å². The van der Waals surface area contributed by atoms with Crippen molar-refractivity contribution in [1.82, 2.24) is 0 Å². The minimum atomic E-state index is -0.528. The van der Waals surface area contributed by atoms with Crippen LogP contribution in [0.15, 0.2) is 42.5 Å². The Kier molecular flexibility index (Phi) is 6.03. The summed E-state index contributed by atoms with van der Waals surface area (Å²) in [5.74, 6) is 0.132. The quantitative estimate of drug-likeness (QED) is 0.577. The van der Waals surface area contributed by atoms with Crippen LogP contribution < -0.4 is 9.47 Å². The molecule has 5 heteroatoms. The van der Waals surface area contributed by atoms with E-state index in [1.165, 1.54) is 14.2 Å². The molecule has 0 aliphatic carbocycles. The molecule has 0 aromatic heterocycles. The summed E-state index contributed by atoms with van der Waals surface area (Å²) >= 11 is 0. The predicted molar refractivity (Wildman–Crippen MR) is 99.3 cm³/mol. The number of ketones is 1. The molecular formula is C21H24O5. The van der Waals surface area contributed by atoms with Gasteiger partial charge in [-0.15, -0.1) is 0 Å². The highest BCUT2D eigenvalue weighted by molar-refractivity contribution is 5.99. The number of hydrogen-bond donors (Lipinski definition) is 0. The maximum absolute atomic E-state index is 12.3. The summed E-state index contributed by atoms with van der Waals surface area (Å²) in [6.07, 6.45) is 0. The summed E-state index contributed by atoms with van der Waals surface area (Å²) in [6.45, 7) is 5.96. The Bertz CT molecular complexity index is 785. The van der Waals surface area contributed by atoms with E-state index in [0.29, 0.717) is 22.6 Å². The number of Topliss-reactive ketones (excluding diaryl/α,β-unsaturated/α-hetero) is 1. The zero-order valence-electron chi connectivity index (χ0n) is 15.8. The summed E-state index contributed by atoms with van der Waals surface area (Å²) in [5.41, 5.74) is 1.93. The standard InChI is InChI=1S/C21H24O5/c1-21(2,3)16-9-6-14(7-10-16)20(23)26-13-17(22)15-8-11-18(24-4)19(12-15)25-5/h6-12H,13H2,1-5H3. The molecule has 0 bridgehead atoms. The molecule has 0 radical (unpaired) electrons. The van der Waals surface area contributed by atoms with E-state index >= 15 is 0 Å². The largest absolute Gasteiger partial charge is 0.493 e. The molecule has 0 aliphatic rings. The number of benzene rings is 2. The van der Waals surface area contributed by atoms with Crippen LogP contribution in [0.2, 0.25) is 0 Å². The Hall–Kier alpha value is -2.82. The summed E-state index contributed by atoms with van der Waals surface area (Å²) in [6, 6.07) is 12.0. The van der Waals surface area contributed by atoms with Crippen LogP contribution >= 0.6 is 0 Å². The normalized spacial score (nSPS) is 11.0. The van der Waals surface area contributed by atoms with E-state index in [9.17, 15) is 9.59 Å². The van der Waals surface area contributed by atoms with Gasteiger partial charge in [-0.05, 0) is 41.3 Å². The molecule has 0 amide bonds. The first-order valence-electron chi connectivity index (χ1n) is 8.29. The van der Waals surface area contributed by atoms with Crippen LogP contribution in [0.1, 0.15) is 47.1 Å². The lowest BCUT2D eigenvalue weighted by molar-refractivity contribution is 0.0474. The van der Waals surface area contributed by atoms with Crippen LogP contribution in [0.25, 0.3) is 0 Å². The summed E-state index contributed by atoms with van der Waals surface area (Å²) in [7, 11) is 3.01. The Labute approximate surface area is 153 Å². The topological polar surface area (TPSA) is 61.8 Å². The van der Waals surface area contributed by atoms with Gasteiger partial charge in [0.25, 0.3) is 0 Å². The maximum atomic E-state index is 12.3. The first kappa shape index (κ1) is 19.5. The van der Waals surface area contributed by atoms with E-state index in [0.717, 1.165) is 5.56 Å². The Morgan fingerprint density at radius 1 is 0.846 bits per heavy atom. The lowest BCUT2D eigenvalue weighted by atomic mass is 9.87. The molecule has 0 unspecified atom stereocenters. The number of ether oxygens (including phenoxy) is 3. The van der Waals surface area contributed by atoms with Gasteiger partial charge in [-0.3, -0.25) is 4.79 Å². The van der Waals surface area contributed by atoms with Crippen molar-refractivity contribution in [2.45, 2.75) is 26.2 Å². The van der Waals surface area contributed by atoms with Gasteiger partial charge in [0.05, 0.1) is 19.8 Å². The molecule has 2 rings (SSSR count). The van der Waals surface area contributed by atoms with Crippen LogP contribution in [0.5, 0.6) is 11.5 Å². The third kappa shape index (κ3) is 4.63. The molecule has 5 nitrogen and oxygen atoms in total. The van der Waals surface area contributed by atoms with Gasteiger partial charge in [0.1, 0.15) is 0 Å². The van der Waals surface area contributed by atoms with Gasteiger partial charge in [-0.1, -0.05) is 32.9 Å². The molecule has 0 aliphatic heterocycles. The molecule has 2 aromatic rings. The number of rotatable bonds is 6. The first-order chi connectivity index (χ1) is 12.3. The minimum absolute atomic E-state index is 0.00578. The van der Waals surface area contributed by atoms with Crippen molar-refractivity contribution in [1.29, 1.82) is 0 Å². The maximum Gasteiger partial charge on any atom is 0.338 e. The average molecular weight is 356 g/mol. The summed E-state index contributed by atoms with van der Waals surface area (Å²) < 4.78 is 15.5. The van der Waals surface area contributed by atoms with Crippen LogP contribution in [0, 0.1) is 0 Å². The monoisotopic (exact) mass is 356 g/mol. The number of hydrogen-bond acceptors (Lipinski definition) is 5. The van der Waals surface area contributed by atoms with Gasteiger partial charge in [-0.25, -0.2) is 4.79 Å². The second-order valence-corrected chi connectivity index (χ2v) is 6.90. The number of esters is 1. The van der Waals surface area contributed by atoms with E-state index in [1.54, 1.807) is 30.3 Å². The van der Waals surface area contributed by atoms with Gasteiger partial charge in [0, 0.05) is 5.56 Å². The first-order valence-corrected chi connectivity index (χ1v) is 8.29. The van der Waals surface area contributed by atoms with Gasteiger partial charge < -0.3 is 14.2 Å². The van der Waals surface area contributed by atoms with Crippen LogP contribution in [0.4, 0.5) is 0 Å². The summed E-state index contributed by atoms with van der Waals surface area (Å²) in [4.78, 5) is 24.4. The highest BCUT2D eigenvalue weighted by Gasteiger charge is 2.16. The van der Waals surface area contributed by atoms with Gasteiger partial charge >= 0.3 is 5.97 Å². The van der Waals surface area contributed by atoms with Crippen molar-refractivity contribution in [2.75, 3.05) is 20.8 Å². The van der Waals surface area contributed by atoms with Crippen molar-refractivity contribution in [3.63, 3.8) is 0 Å². The van der Waals surface area contributed by atoms with Crippen molar-refractivity contribution in [2.24, 2.45) is 0 Å². The van der Waals surface area contributed by atoms with E-state index in [1.807, 2.05) is 12.1 Å². The van der Waals surface area contributed by atoms with Crippen molar-refractivity contribution < 1.29 is 23.8 Å². The van der Waals surface area contributed by atoms with Crippen molar-refractivity contribution >= 4 is 11.8 Å². The van der Waals surface area contributed by atoms with E-state index in [4.69, 9.17) is 14.2 Å². The molecule has 138 valence electrons. The van der Waals surface area contributed by atoms with Gasteiger partial charge in [-0.2, -0.15) is 0 Å². The molecule has 0 spiro atoms. The number of carbonyl (C=O) groups excluding carboxylic acids is 2. The Morgan fingerprint density at radius 3 is 1.96 bits per heavy atom. The van der Waals surface area contributed by atoms with E-state index < -0.39 is 5.97 Å². The van der Waals surface area contributed by atoms with Crippen molar-refractivity contribution in [3.8, 4) is 11.5 Å². The third-order valence-corrected chi connectivity index (χ3v) is 4.03. The number of carbonyl (C=O) groups is 2. The molecule has 0 atom stereocenters. The zero-order chi connectivity index (χ0) is 19.3. The van der Waals surface area contributed by atoms with E-state index in [2.05, 4.69) is 20.8 Å². The average Bonchev–Trinajstić information content (AvgIpc) is 2.64. The second kappa shape index (κ2) is 8.04. The Morgan fingerprint density at radius 2 is 1.42 bits per heavy atom. The minimum Gasteiger partial charge on any atom is -0.493 e. The smallest absolute Gasteiger partial charge is 0.338 e. The van der Waals surface area contributed by atoms with E-state index in [-0.39, 0.29) is 17.8 Å².